The molecule has 0 aliphatic heterocycles. The van der Waals surface area contributed by atoms with Crippen molar-refractivity contribution in [1.82, 2.24) is 0 Å². The van der Waals surface area contributed by atoms with Gasteiger partial charge < -0.3 is 9.47 Å². The second kappa shape index (κ2) is 6.34. The average molecular weight is 116 g/mol. The van der Waals surface area contributed by atoms with Gasteiger partial charge in [0.15, 0.2) is 0 Å². The predicted octanol–water partition coefficient (Wildman–Crippen LogP) is 1.53. The second-order valence-corrected chi connectivity index (χ2v) is 1.38. The van der Waals surface area contributed by atoms with Gasteiger partial charge in [-0.1, -0.05) is 6.92 Å². The van der Waals surface area contributed by atoms with Gasteiger partial charge in [-0.15, -0.1) is 0 Å². The van der Waals surface area contributed by atoms with E-state index in [-0.39, 0.29) is 0 Å². The molecule has 48 valence electrons. The van der Waals surface area contributed by atoms with Gasteiger partial charge in [-0.05, 0) is 6.42 Å². The molecule has 0 amide bonds. The molecular weight excluding hydrogens is 104 g/mol. The SMILES string of the molecule is CCCOC=COC. The van der Waals surface area contributed by atoms with E-state index >= 15 is 0 Å². The van der Waals surface area contributed by atoms with Gasteiger partial charge in [0.25, 0.3) is 0 Å². The number of methoxy groups -OCH3 is 1. The van der Waals surface area contributed by atoms with Crippen LogP contribution in [0.15, 0.2) is 12.5 Å². The lowest BCUT2D eigenvalue weighted by atomic mass is 10.5. The van der Waals surface area contributed by atoms with Crippen LogP contribution >= 0.6 is 0 Å². The fourth-order valence-electron chi connectivity index (χ4n) is 0.281. The minimum atomic E-state index is 0.764. The van der Waals surface area contributed by atoms with Crippen LogP contribution in [0.5, 0.6) is 0 Å². The number of ether oxygens (including phenoxy) is 2. The Morgan fingerprint density at radius 3 is 2.62 bits per heavy atom. The lowest BCUT2D eigenvalue weighted by Gasteiger charge is -1.93. The molecule has 0 spiro atoms. The Labute approximate surface area is 50.1 Å². The van der Waals surface area contributed by atoms with Gasteiger partial charge >= 0.3 is 0 Å². The molecule has 0 aromatic heterocycles. The predicted molar refractivity (Wildman–Crippen MR) is 32.4 cm³/mol. The summed E-state index contributed by atoms with van der Waals surface area (Å²) in [6.45, 7) is 2.82. The number of hydrogen-bond donors (Lipinski definition) is 0. The summed E-state index contributed by atoms with van der Waals surface area (Å²) in [5.41, 5.74) is 0. The van der Waals surface area contributed by atoms with E-state index in [0.29, 0.717) is 0 Å². The normalized spacial score (nSPS) is 9.75. The molecule has 0 aliphatic carbocycles. The van der Waals surface area contributed by atoms with E-state index in [4.69, 9.17) is 4.74 Å². The van der Waals surface area contributed by atoms with Gasteiger partial charge in [-0.2, -0.15) is 0 Å². The van der Waals surface area contributed by atoms with E-state index in [1.807, 2.05) is 0 Å². The molecule has 0 unspecified atom stereocenters. The van der Waals surface area contributed by atoms with Crippen molar-refractivity contribution in [2.24, 2.45) is 0 Å². The lowest BCUT2D eigenvalue weighted by molar-refractivity contribution is 0.228. The summed E-state index contributed by atoms with van der Waals surface area (Å²) < 4.78 is 9.50. The Hall–Kier alpha value is -0.660. The van der Waals surface area contributed by atoms with Crippen LogP contribution in [0, 0.1) is 0 Å². The Bertz CT molecular complexity index is 59.5. The van der Waals surface area contributed by atoms with E-state index in [9.17, 15) is 0 Å². The zero-order chi connectivity index (χ0) is 6.24. The molecule has 0 bridgehead atoms. The molecule has 2 heteroatoms. The smallest absolute Gasteiger partial charge is 0.117 e. The second-order valence-electron chi connectivity index (χ2n) is 1.38. The van der Waals surface area contributed by atoms with Gasteiger partial charge in [0.2, 0.25) is 0 Å². The first kappa shape index (κ1) is 7.34. The first-order valence-electron chi connectivity index (χ1n) is 2.71. The summed E-state index contributed by atoms with van der Waals surface area (Å²) in [5, 5.41) is 0. The van der Waals surface area contributed by atoms with Crippen LogP contribution in [-0.4, -0.2) is 13.7 Å². The zero-order valence-corrected chi connectivity index (χ0v) is 5.39. The fourth-order valence-corrected chi connectivity index (χ4v) is 0.281. The Morgan fingerprint density at radius 1 is 1.38 bits per heavy atom. The van der Waals surface area contributed by atoms with Gasteiger partial charge in [0, 0.05) is 0 Å². The van der Waals surface area contributed by atoms with E-state index in [1.165, 1.54) is 6.26 Å². The Kier molecular flexibility index (Phi) is 5.82. The van der Waals surface area contributed by atoms with Gasteiger partial charge in [0.1, 0.15) is 12.5 Å². The highest BCUT2D eigenvalue weighted by molar-refractivity contribution is 4.58. The zero-order valence-electron chi connectivity index (χ0n) is 5.39. The molecule has 0 saturated heterocycles. The summed E-state index contributed by atoms with van der Waals surface area (Å²) in [4.78, 5) is 0. The highest BCUT2D eigenvalue weighted by atomic mass is 16.5. The third-order valence-corrected chi connectivity index (χ3v) is 0.610. The third-order valence-electron chi connectivity index (χ3n) is 0.610. The molecule has 0 N–H and O–H groups in total. The molecule has 0 aliphatic rings. The van der Waals surface area contributed by atoms with Crippen LogP contribution < -0.4 is 0 Å². The molecule has 0 radical (unpaired) electrons. The Balaban J connectivity index is 2.80. The topological polar surface area (TPSA) is 18.5 Å². The van der Waals surface area contributed by atoms with Crippen molar-refractivity contribution in [2.45, 2.75) is 13.3 Å². The highest BCUT2D eigenvalue weighted by Gasteiger charge is 1.72. The van der Waals surface area contributed by atoms with Crippen molar-refractivity contribution >= 4 is 0 Å². The van der Waals surface area contributed by atoms with E-state index in [0.717, 1.165) is 13.0 Å². The van der Waals surface area contributed by atoms with E-state index in [2.05, 4.69) is 11.7 Å². The average Bonchev–Trinajstić information content (AvgIpc) is 1.81. The van der Waals surface area contributed by atoms with Crippen LogP contribution in [0.25, 0.3) is 0 Å². The molecule has 0 saturated carbocycles. The van der Waals surface area contributed by atoms with Crippen molar-refractivity contribution in [2.75, 3.05) is 13.7 Å². The maximum absolute atomic E-state index is 4.92. The summed E-state index contributed by atoms with van der Waals surface area (Å²) in [7, 11) is 1.59. The van der Waals surface area contributed by atoms with Gasteiger partial charge in [-0.3, -0.25) is 0 Å². The quantitative estimate of drug-likeness (QED) is 0.409. The van der Waals surface area contributed by atoms with E-state index in [1.54, 1.807) is 13.4 Å². The highest BCUT2D eigenvalue weighted by Crippen LogP contribution is 1.80. The van der Waals surface area contributed by atoms with Crippen molar-refractivity contribution in [1.29, 1.82) is 0 Å². The molecular formula is C6H12O2. The maximum Gasteiger partial charge on any atom is 0.117 e. The summed E-state index contributed by atoms with van der Waals surface area (Å²) in [6.07, 6.45) is 4.09. The van der Waals surface area contributed by atoms with Crippen molar-refractivity contribution in [3.8, 4) is 0 Å². The summed E-state index contributed by atoms with van der Waals surface area (Å²) >= 11 is 0. The molecule has 2 nitrogen and oxygen atoms in total. The molecule has 0 fully saturated rings. The third kappa shape index (κ3) is 5.34. The summed E-state index contributed by atoms with van der Waals surface area (Å²) in [6, 6.07) is 0. The molecule has 0 aromatic rings. The molecule has 8 heavy (non-hydrogen) atoms. The molecule has 0 rings (SSSR count). The van der Waals surface area contributed by atoms with E-state index < -0.39 is 0 Å². The minimum absolute atomic E-state index is 0.764. The maximum atomic E-state index is 4.92. The van der Waals surface area contributed by atoms with Crippen LogP contribution in [0.3, 0.4) is 0 Å². The van der Waals surface area contributed by atoms with Crippen LogP contribution in [0.4, 0.5) is 0 Å². The minimum Gasteiger partial charge on any atom is -0.501 e. The first-order chi connectivity index (χ1) is 3.91. The van der Waals surface area contributed by atoms with Gasteiger partial charge in [-0.25, -0.2) is 0 Å². The molecule has 0 atom stereocenters. The Morgan fingerprint density at radius 2 is 2.12 bits per heavy atom. The summed E-state index contributed by atoms with van der Waals surface area (Å²) in [5.74, 6) is 0. The van der Waals surface area contributed by atoms with Gasteiger partial charge in [0.05, 0.1) is 13.7 Å². The lowest BCUT2D eigenvalue weighted by Crippen LogP contribution is -1.81. The van der Waals surface area contributed by atoms with Crippen LogP contribution in [0.2, 0.25) is 0 Å². The first-order valence-corrected chi connectivity index (χ1v) is 2.71. The van der Waals surface area contributed by atoms with Crippen molar-refractivity contribution in [3.63, 3.8) is 0 Å². The van der Waals surface area contributed by atoms with Crippen molar-refractivity contribution < 1.29 is 9.47 Å². The van der Waals surface area contributed by atoms with Crippen LogP contribution in [-0.2, 0) is 9.47 Å². The monoisotopic (exact) mass is 116 g/mol. The number of rotatable bonds is 4. The van der Waals surface area contributed by atoms with Crippen molar-refractivity contribution in [3.05, 3.63) is 12.5 Å². The fraction of sp³-hybridized carbons (Fsp3) is 0.667. The van der Waals surface area contributed by atoms with Crippen LogP contribution in [0.1, 0.15) is 13.3 Å². The molecule has 0 aromatic carbocycles. The molecule has 0 heterocycles. The number of hydrogen-bond acceptors (Lipinski definition) is 2. The largest absolute Gasteiger partial charge is 0.501 e. The standard InChI is InChI=1S/C6H12O2/c1-3-4-8-6-5-7-2/h5-6H,3-4H2,1-2H3.